The Morgan fingerprint density at radius 1 is 1.19 bits per heavy atom. The van der Waals surface area contributed by atoms with Crippen LogP contribution in [0.25, 0.3) is 0 Å². The van der Waals surface area contributed by atoms with E-state index in [1.54, 1.807) is 4.68 Å². The molecule has 1 aromatic heterocycles. The van der Waals surface area contributed by atoms with Crippen LogP contribution in [0, 0.1) is 0 Å². The minimum absolute atomic E-state index is 0.171. The second kappa shape index (κ2) is 8.42. The van der Waals surface area contributed by atoms with Gasteiger partial charge in [0.2, 0.25) is 5.95 Å². The van der Waals surface area contributed by atoms with Crippen LogP contribution in [0.5, 0.6) is 0 Å². The lowest BCUT2D eigenvalue weighted by molar-refractivity contribution is 0.102. The largest absolute Gasteiger partial charge is 0.305 e. The molecule has 2 aromatic rings. The van der Waals surface area contributed by atoms with Gasteiger partial charge in [-0.2, -0.15) is 4.98 Å². The van der Waals surface area contributed by atoms with Gasteiger partial charge in [0.25, 0.3) is 5.91 Å². The zero-order valence-electron chi connectivity index (χ0n) is 15.9. The third-order valence-corrected chi connectivity index (χ3v) is 4.80. The molecule has 1 fully saturated rings. The van der Waals surface area contributed by atoms with E-state index in [-0.39, 0.29) is 5.91 Å². The molecule has 1 aromatic carbocycles. The average Bonchev–Trinajstić information content (AvgIpc) is 2.85. The van der Waals surface area contributed by atoms with Crippen molar-refractivity contribution < 1.29 is 4.79 Å². The Morgan fingerprint density at radius 3 is 2.81 bits per heavy atom. The molecular weight excluding hydrogens is 328 g/mol. The second-order valence-electron chi connectivity index (χ2n) is 6.92. The van der Waals surface area contributed by atoms with Crippen molar-refractivity contribution >= 4 is 11.9 Å². The van der Waals surface area contributed by atoms with Crippen LogP contribution in [0.1, 0.15) is 35.1 Å². The third-order valence-electron chi connectivity index (χ3n) is 4.80. The fourth-order valence-electron chi connectivity index (χ4n) is 3.28. The van der Waals surface area contributed by atoms with E-state index in [0.717, 1.165) is 50.5 Å². The summed E-state index contributed by atoms with van der Waals surface area (Å²) in [6.07, 6.45) is 1.96. The molecule has 3 rings (SSSR count). The highest BCUT2D eigenvalue weighted by Crippen LogP contribution is 2.12. The molecule has 7 heteroatoms. The molecule has 1 N–H and O–H groups in total. The third kappa shape index (κ3) is 4.68. The maximum atomic E-state index is 12.5. The quantitative estimate of drug-likeness (QED) is 0.884. The van der Waals surface area contributed by atoms with Crippen molar-refractivity contribution in [1.29, 1.82) is 0 Å². The van der Waals surface area contributed by atoms with Gasteiger partial charge in [0, 0.05) is 38.7 Å². The lowest BCUT2D eigenvalue weighted by Crippen LogP contribution is -2.28. The highest BCUT2D eigenvalue weighted by molar-refractivity contribution is 6.03. The van der Waals surface area contributed by atoms with Crippen LogP contribution in [-0.2, 0) is 20.0 Å². The number of benzene rings is 1. The molecule has 0 unspecified atom stereocenters. The Labute approximate surface area is 155 Å². The molecule has 0 atom stereocenters. The zero-order valence-corrected chi connectivity index (χ0v) is 15.9. The van der Waals surface area contributed by atoms with Crippen molar-refractivity contribution in [2.45, 2.75) is 26.3 Å². The Morgan fingerprint density at radius 2 is 2.04 bits per heavy atom. The first-order valence-corrected chi connectivity index (χ1v) is 9.26. The van der Waals surface area contributed by atoms with E-state index < -0.39 is 0 Å². The van der Waals surface area contributed by atoms with Gasteiger partial charge >= 0.3 is 0 Å². The van der Waals surface area contributed by atoms with E-state index in [1.807, 2.05) is 32.2 Å². The van der Waals surface area contributed by atoms with Crippen LogP contribution in [0.2, 0.25) is 0 Å². The second-order valence-corrected chi connectivity index (χ2v) is 6.92. The van der Waals surface area contributed by atoms with Gasteiger partial charge in [-0.05, 0) is 44.3 Å². The first-order valence-electron chi connectivity index (χ1n) is 9.26. The summed E-state index contributed by atoms with van der Waals surface area (Å²) in [4.78, 5) is 21.7. The fourth-order valence-corrected chi connectivity index (χ4v) is 3.28. The van der Waals surface area contributed by atoms with Crippen LogP contribution in [0.15, 0.2) is 24.3 Å². The maximum absolute atomic E-state index is 12.5. The van der Waals surface area contributed by atoms with Crippen LogP contribution >= 0.6 is 0 Å². The van der Waals surface area contributed by atoms with Crippen molar-refractivity contribution in [2.75, 3.05) is 38.5 Å². The normalized spacial score (nSPS) is 16.4. The van der Waals surface area contributed by atoms with Gasteiger partial charge in [-0.25, -0.2) is 0 Å². The SMILES string of the molecule is CCc1nc(NC(=O)c2cccc(CN3CCCN(C)CC3)c2)nn1C. The molecule has 0 saturated carbocycles. The van der Waals surface area contributed by atoms with E-state index in [0.29, 0.717) is 11.5 Å². The summed E-state index contributed by atoms with van der Waals surface area (Å²) in [6, 6.07) is 7.82. The van der Waals surface area contributed by atoms with E-state index in [1.165, 1.54) is 6.42 Å². The number of hydrogen-bond donors (Lipinski definition) is 1. The molecule has 0 bridgehead atoms. The molecule has 140 valence electrons. The van der Waals surface area contributed by atoms with Gasteiger partial charge in [0.1, 0.15) is 5.82 Å². The molecule has 0 radical (unpaired) electrons. The first kappa shape index (κ1) is 18.5. The van der Waals surface area contributed by atoms with Crippen molar-refractivity contribution in [3.63, 3.8) is 0 Å². The Hall–Kier alpha value is -2.25. The summed E-state index contributed by atoms with van der Waals surface area (Å²) in [7, 11) is 4.00. The van der Waals surface area contributed by atoms with E-state index in [4.69, 9.17) is 0 Å². The minimum atomic E-state index is -0.171. The summed E-state index contributed by atoms with van der Waals surface area (Å²) < 4.78 is 1.70. The number of amides is 1. The number of hydrogen-bond acceptors (Lipinski definition) is 5. The summed E-state index contributed by atoms with van der Waals surface area (Å²) in [6.45, 7) is 7.28. The van der Waals surface area contributed by atoms with Crippen molar-refractivity contribution in [3.8, 4) is 0 Å². The molecule has 26 heavy (non-hydrogen) atoms. The maximum Gasteiger partial charge on any atom is 0.258 e. The molecule has 0 aliphatic carbocycles. The smallest absolute Gasteiger partial charge is 0.258 e. The topological polar surface area (TPSA) is 66.3 Å². The van der Waals surface area contributed by atoms with Crippen molar-refractivity contribution in [1.82, 2.24) is 24.6 Å². The molecule has 1 amide bonds. The highest BCUT2D eigenvalue weighted by atomic mass is 16.1. The van der Waals surface area contributed by atoms with E-state index >= 15 is 0 Å². The van der Waals surface area contributed by atoms with E-state index in [9.17, 15) is 4.79 Å². The van der Waals surface area contributed by atoms with Crippen LogP contribution < -0.4 is 5.32 Å². The number of aromatic nitrogens is 3. The Balaban J connectivity index is 1.65. The molecule has 2 heterocycles. The molecule has 0 spiro atoms. The molecule has 1 aliphatic heterocycles. The Bertz CT molecular complexity index is 756. The van der Waals surface area contributed by atoms with Gasteiger partial charge in [0.15, 0.2) is 0 Å². The minimum Gasteiger partial charge on any atom is -0.305 e. The molecule has 1 saturated heterocycles. The molecular formula is C19H28N6O. The van der Waals surface area contributed by atoms with Crippen LogP contribution in [0.3, 0.4) is 0 Å². The van der Waals surface area contributed by atoms with Crippen molar-refractivity contribution in [3.05, 3.63) is 41.2 Å². The number of rotatable bonds is 5. The zero-order chi connectivity index (χ0) is 18.5. The summed E-state index contributed by atoms with van der Waals surface area (Å²) in [5.74, 6) is 1.03. The predicted octanol–water partition coefficient (Wildman–Crippen LogP) is 1.77. The molecule has 7 nitrogen and oxygen atoms in total. The highest BCUT2D eigenvalue weighted by Gasteiger charge is 2.14. The monoisotopic (exact) mass is 356 g/mol. The number of nitrogens with one attached hydrogen (secondary N) is 1. The number of nitrogens with zero attached hydrogens (tertiary/aromatic N) is 5. The van der Waals surface area contributed by atoms with Gasteiger partial charge < -0.3 is 4.90 Å². The average molecular weight is 356 g/mol. The number of aryl methyl sites for hydroxylation is 2. The summed E-state index contributed by atoms with van der Waals surface area (Å²) in [5.41, 5.74) is 1.80. The van der Waals surface area contributed by atoms with Gasteiger partial charge in [-0.1, -0.05) is 19.1 Å². The number of carbonyl (C=O) groups excluding carboxylic acids is 1. The lowest BCUT2D eigenvalue weighted by Gasteiger charge is -2.20. The first-order chi connectivity index (χ1) is 12.5. The fraction of sp³-hybridized carbons (Fsp3) is 0.526. The van der Waals surface area contributed by atoms with Gasteiger partial charge in [-0.3, -0.25) is 19.7 Å². The number of carbonyl (C=O) groups is 1. The van der Waals surface area contributed by atoms with Gasteiger partial charge in [0.05, 0.1) is 0 Å². The van der Waals surface area contributed by atoms with Crippen LogP contribution in [-0.4, -0.2) is 63.7 Å². The Kier molecular flexibility index (Phi) is 6.00. The standard InChI is InChI=1S/C19H28N6O/c1-4-17-20-19(22-24(17)3)21-18(26)16-8-5-7-15(13-16)14-25-10-6-9-23(2)11-12-25/h5,7-8,13H,4,6,9-12,14H2,1-3H3,(H,21,22,26). The molecule has 1 aliphatic rings. The lowest BCUT2D eigenvalue weighted by atomic mass is 10.1. The van der Waals surface area contributed by atoms with Crippen LogP contribution in [0.4, 0.5) is 5.95 Å². The number of likely N-dealkylation sites (N-methyl/N-ethyl adjacent to an activating group) is 1. The predicted molar refractivity (Wildman–Crippen MR) is 102 cm³/mol. The summed E-state index contributed by atoms with van der Waals surface area (Å²) >= 11 is 0. The van der Waals surface area contributed by atoms with Gasteiger partial charge in [-0.15, -0.1) is 5.10 Å². The van der Waals surface area contributed by atoms with Crippen molar-refractivity contribution in [2.24, 2.45) is 7.05 Å². The summed E-state index contributed by atoms with van der Waals surface area (Å²) in [5, 5.41) is 7.04. The number of anilines is 1. The van der Waals surface area contributed by atoms with E-state index in [2.05, 4.69) is 38.3 Å².